The topological polar surface area (TPSA) is 93.6 Å². The van der Waals surface area contributed by atoms with Crippen molar-refractivity contribution in [3.05, 3.63) is 24.5 Å². The Balaban J connectivity index is 2.53. The van der Waals surface area contributed by atoms with Crippen molar-refractivity contribution < 1.29 is 0 Å². The van der Waals surface area contributed by atoms with Crippen LogP contribution in [0.4, 0.5) is 11.4 Å². The minimum absolute atomic E-state index is 0.596. The maximum Gasteiger partial charge on any atom is 0.180 e. The molecule has 0 amide bonds. The SMILES string of the molecule is Nc1cc(N)cc(-c2nc[nH]n2)c1. The van der Waals surface area contributed by atoms with Crippen molar-refractivity contribution in [2.45, 2.75) is 0 Å². The van der Waals surface area contributed by atoms with Crippen LogP contribution < -0.4 is 11.5 Å². The van der Waals surface area contributed by atoms with Crippen LogP contribution in [0.1, 0.15) is 0 Å². The van der Waals surface area contributed by atoms with Gasteiger partial charge in [-0.1, -0.05) is 0 Å². The van der Waals surface area contributed by atoms with Crippen molar-refractivity contribution in [2.24, 2.45) is 0 Å². The van der Waals surface area contributed by atoms with E-state index in [1.54, 1.807) is 18.2 Å². The van der Waals surface area contributed by atoms with Gasteiger partial charge in [0, 0.05) is 16.9 Å². The third-order valence-electron chi connectivity index (χ3n) is 1.65. The average Bonchev–Trinajstić information content (AvgIpc) is 2.53. The van der Waals surface area contributed by atoms with Crippen LogP contribution in [0.5, 0.6) is 0 Å². The molecule has 13 heavy (non-hydrogen) atoms. The minimum atomic E-state index is 0.596. The molecule has 0 unspecified atom stereocenters. The molecular weight excluding hydrogens is 166 g/mol. The molecule has 0 bridgehead atoms. The Morgan fingerprint density at radius 3 is 2.31 bits per heavy atom. The summed E-state index contributed by atoms with van der Waals surface area (Å²) >= 11 is 0. The molecule has 0 aliphatic heterocycles. The van der Waals surface area contributed by atoms with E-state index in [-0.39, 0.29) is 0 Å². The van der Waals surface area contributed by atoms with E-state index in [2.05, 4.69) is 15.2 Å². The number of nitrogen functional groups attached to an aromatic ring is 2. The molecular formula is C8H9N5. The second-order valence-corrected chi connectivity index (χ2v) is 2.71. The molecule has 2 rings (SSSR count). The van der Waals surface area contributed by atoms with E-state index in [1.807, 2.05) is 0 Å². The summed E-state index contributed by atoms with van der Waals surface area (Å²) in [6.07, 6.45) is 1.51. The van der Waals surface area contributed by atoms with Gasteiger partial charge < -0.3 is 11.5 Å². The lowest BCUT2D eigenvalue weighted by atomic mass is 10.1. The molecule has 1 heterocycles. The zero-order valence-corrected chi connectivity index (χ0v) is 6.86. The molecule has 0 radical (unpaired) electrons. The van der Waals surface area contributed by atoms with Crippen molar-refractivity contribution >= 4 is 11.4 Å². The van der Waals surface area contributed by atoms with Crippen LogP contribution >= 0.6 is 0 Å². The van der Waals surface area contributed by atoms with E-state index in [9.17, 15) is 0 Å². The number of aromatic amines is 1. The molecule has 0 aliphatic carbocycles. The van der Waals surface area contributed by atoms with Crippen molar-refractivity contribution in [3.63, 3.8) is 0 Å². The van der Waals surface area contributed by atoms with Crippen LogP contribution in [0.15, 0.2) is 24.5 Å². The Morgan fingerprint density at radius 2 is 1.77 bits per heavy atom. The summed E-state index contributed by atoms with van der Waals surface area (Å²) in [4.78, 5) is 3.99. The zero-order chi connectivity index (χ0) is 9.26. The highest BCUT2D eigenvalue weighted by Crippen LogP contribution is 2.20. The summed E-state index contributed by atoms with van der Waals surface area (Å²) in [5.74, 6) is 0.596. The molecule has 1 aromatic heterocycles. The molecule has 0 atom stereocenters. The Bertz CT molecular complexity index is 386. The number of H-pyrrole nitrogens is 1. The Hall–Kier alpha value is -2.04. The zero-order valence-electron chi connectivity index (χ0n) is 6.86. The summed E-state index contributed by atoms with van der Waals surface area (Å²) in [5.41, 5.74) is 13.3. The van der Waals surface area contributed by atoms with Crippen LogP contribution in [0.2, 0.25) is 0 Å². The molecule has 2 aromatic rings. The van der Waals surface area contributed by atoms with Crippen LogP contribution in [-0.4, -0.2) is 15.2 Å². The van der Waals surface area contributed by atoms with Gasteiger partial charge in [0.15, 0.2) is 5.82 Å². The Labute approximate surface area is 74.8 Å². The number of nitrogens with one attached hydrogen (secondary N) is 1. The van der Waals surface area contributed by atoms with Gasteiger partial charge in [-0.3, -0.25) is 5.10 Å². The molecule has 0 fully saturated rings. The molecule has 5 N–H and O–H groups in total. The molecule has 0 saturated heterocycles. The number of anilines is 2. The van der Waals surface area contributed by atoms with Crippen molar-refractivity contribution in [3.8, 4) is 11.4 Å². The van der Waals surface area contributed by atoms with E-state index in [1.165, 1.54) is 6.33 Å². The maximum absolute atomic E-state index is 5.62. The minimum Gasteiger partial charge on any atom is -0.399 e. The van der Waals surface area contributed by atoms with Gasteiger partial charge in [0.1, 0.15) is 6.33 Å². The smallest absolute Gasteiger partial charge is 0.180 e. The Kier molecular flexibility index (Phi) is 1.63. The van der Waals surface area contributed by atoms with E-state index >= 15 is 0 Å². The molecule has 0 saturated carbocycles. The molecule has 5 heteroatoms. The largest absolute Gasteiger partial charge is 0.399 e. The molecule has 0 aliphatic rings. The lowest BCUT2D eigenvalue weighted by Crippen LogP contribution is -1.92. The summed E-state index contributed by atoms with van der Waals surface area (Å²) < 4.78 is 0. The number of hydrogen-bond donors (Lipinski definition) is 3. The number of hydrogen-bond acceptors (Lipinski definition) is 4. The summed E-state index contributed by atoms with van der Waals surface area (Å²) in [5, 5.41) is 6.55. The van der Waals surface area contributed by atoms with Gasteiger partial charge in [-0.2, -0.15) is 5.10 Å². The van der Waals surface area contributed by atoms with E-state index < -0.39 is 0 Å². The number of nitrogens with two attached hydrogens (primary N) is 2. The van der Waals surface area contributed by atoms with Crippen LogP contribution in [0, 0.1) is 0 Å². The fourth-order valence-corrected chi connectivity index (χ4v) is 1.15. The number of benzene rings is 1. The highest BCUT2D eigenvalue weighted by Gasteiger charge is 2.02. The van der Waals surface area contributed by atoms with E-state index in [4.69, 9.17) is 11.5 Å². The van der Waals surface area contributed by atoms with Gasteiger partial charge >= 0.3 is 0 Å². The summed E-state index contributed by atoms with van der Waals surface area (Å²) in [7, 11) is 0. The van der Waals surface area contributed by atoms with Gasteiger partial charge in [0.05, 0.1) is 0 Å². The lowest BCUT2D eigenvalue weighted by molar-refractivity contribution is 1.10. The second-order valence-electron chi connectivity index (χ2n) is 2.71. The van der Waals surface area contributed by atoms with E-state index in [0.717, 1.165) is 5.56 Å². The van der Waals surface area contributed by atoms with E-state index in [0.29, 0.717) is 17.2 Å². The fourth-order valence-electron chi connectivity index (χ4n) is 1.15. The number of aromatic nitrogens is 3. The van der Waals surface area contributed by atoms with Gasteiger partial charge in [-0.05, 0) is 18.2 Å². The normalized spacial score (nSPS) is 10.2. The van der Waals surface area contributed by atoms with Gasteiger partial charge in [-0.15, -0.1) is 0 Å². The van der Waals surface area contributed by atoms with Crippen LogP contribution in [0.25, 0.3) is 11.4 Å². The molecule has 5 nitrogen and oxygen atoms in total. The van der Waals surface area contributed by atoms with Gasteiger partial charge in [0.2, 0.25) is 0 Å². The molecule has 0 spiro atoms. The quantitative estimate of drug-likeness (QED) is 0.554. The predicted octanol–water partition coefficient (Wildman–Crippen LogP) is 0.636. The molecule has 1 aromatic carbocycles. The Morgan fingerprint density at radius 1 is 1.08 bits per heavy atom. The molecule has 66 valence electrons. The van der Waals surface area contributed by atoms with Gasteiger partial charge in [0.25, 0.3) is 0 Å². The first-order valence-electron chi connectivity index (χ1n) is 3.78. The van der Waals surface area contributed by atoms with Gasteiger partial charge in [-0.25, -0.2) is 4.98 Å². The van der Waals surface area contributed by atoms with Crippen molar-refractivity contribution in [1.29, 1.82) is 0 Å². The first-order valence-corrected chi connectivity index (χ1v) is 3.78. The van der Waals surface area contributed by atoms with Crippen molar-refractivity contribution in [2.75, 3.05) is 11.5 Å². The summed E-state index contributed by atoms with van der Waals surface area (Å²) in [6, 6.07) is 5.25. The maximum atomic E-state index is 5.62. The third-order valence-corrected chi connectivity index (χ3v) is 1.65. The first-order chi connectivity index (χ1) is 6.25. The lowest BCUT2D eigenvalue weighted by Gasteiger charge is -1.99. The average molecular weight is 175 g/mol. The fraction of sp³-hybridized carbons (Fsp3) is 0. The predicted molar refractivity (Wildman–Crippen MR) is 50.6 cm³/mol. The monoisotopic (exact) mass is 175 g/mol. The van der Waals surface area contributed by atoms with Crippen LogP contribution in [-0.2, 0) is 0 Å². The first kappa shape index (κ1) is 7.60. The highest BCUT2D eigenvalue weighted by atomic mass is 15.2. The highest BCUT2D eigenvalue weighted by molar-refractivity contribution is 5.67. The standard InChI is InChI=1S/C8H9N5/c9-6-1-5(2-7(10)3-6)8-11-4-12-13-8/h1-4H,9-10H2,(H,11,12,13). The third kappa shape index (κ3) is 1.44. The van der Waals surface area contributed by atoms with Crippen LogP contribution in [0.3, 0.4) is 0 Å². The summed E-state index contributed by atoms with van der Waals surface area (Å²) in [6.45, 7) is 0. The number of nitrogens with zero attached hydrogens (tertiary/aromatic N) is 2. The second kappa shape index (κ2) is 2.78. The van der Waals surface area contributed by atoms with Crippen molar-refractivity contribution in [1.82, 2.24) is 15.2 Å². The number of rotatable bonds is 1.